The van der Waals surface area contributed by atoms with Gasteiger partial charge in [0, 0.05) is 18.0 Å². The normalized spacial score (nSPS) is 16.6. The third-order valence-corrected chi connectivity index (χ3v) is 6.76. The fourth-order valence-corrected chi connectivity index (χ4v) is 5.38. The van der Waals surface area contributed by atoms with Crippen LogP contribution in [0.25, 0.3) is 0 Å². The molecular formula is C13H17NO4S2. The SMILES string of the molecule is C=CCN(C1CCCC1)S(=O)(=O)c1cc(C(=O)O)cs1. The molecule has 1 heterocycles. The van der Waals surface area contributed by atoms with E-state index in [1.165, 1.54) is 15.8 Å². The quantitative estimate of drug-likeness (QED) is 0.819. The number of hydrogen-bond acceptors (Lipinski definition) is 4. The first-order valence-electron chi connectivity index (χ1n) is 6.41. The van der Waals surface area contributed by atoms with Crippen molar-refractivity contribution in [2.24, 2.45) is 0 Å². The van der Waals surface area contributed by atoms with Crippen LogP contribution in [0.2, 0.25) is 0 Å². The van der Waals surface area contributed by atoms with Gasteiger partial charge in [-0.25, -0.2) is 13.2 Å². The summed E-state index contributed by atoms with van der Waals surface area (Å²) in [5, 5.41) is 10.3. The van der Waals surface area contributed by atoms with Crippen LogP contribution >= 0.6 is 11.3 Å². The zero-order valence-corrected chi connectivity index (χ0v) is 12.6. The van der Waals surface area contributed by atoms with Crippen LogP contribution in [0.5, 0.6) is 0 Å². The predicted octanol–water partition coefficient (Wildman–Crippen LogP) is 2.57. The fourth-order valence-electron chi connectivity index (χ4n) is 2.44. The minimum absolute atomic E-state index is 0.00613. The van der Waals surface area contributed by atoms with E-state index in [0.29, 0.717) is 0 Å². The van der Waals surface area contributed by atoms with Crippen molar-refractivity contribution in [3.8, 4) is 0 Å². The fraction of sp³-hybridized carbons (Fsp3) is 0.462. The van der Waals surface area contributed by atoms with Crippen molar-refractivity contribution in [3.05, 3.63) is 29.7 Å². The van der Waals surface area contributed by atoms with E-state index in [-0.39, 0.29) is 22.4 Å². The molecule has 2 rings (SSSR count). The summed E-state index contributed by atoms with van der Waals surface area (Å²) in [5.41, 5.74) is 0.0125. The van der Waals surface area contributed by atoms with E-state index in [9.17, 15) is 13.2 Å². The number of carboxylic acids is 1. The molecule has 1 aliphatic carbocycles. The summed E-state index contributed by atoms with van der Waals surface area (Å²) in [4.78, 5) is 10.9. The molecule has 0 spiro atoms. The van der Waals surface area contributed by atoms with E-state index in [4.69, 9.17) is 5.11 Å². The van der Waals surface area contributed by atoms with Gasteiger partial charge in [0.1, 0.15) is 4.21 Å². The number of nitrogens with zero attached hydrogens (tertiary/aromatic N) is 1. The molecule has 1 saturated carbocycles. The molecule has 1 fully saturated rings. The highest BCUT2D eigenvalue weighted by Crippen LogP contribution is 2.31. The topological polar surface area (TPSA) is 74.7 Å². The average molecular weight is 315 g/mol. The summed E-state index contributed by atoms with van der Waals surface area (Å²) >= 11 is 0.953. The van der Waals surface area contributed by atoms with Gasteiger partial charge in [-0.15, -0.1) is 17.9 Å². The molecule has 110 valence electrons. The van der Waals surface area contributed by atoms with E-state index in [2.05, 4.69) is 6.58 Å². The lowest BCUT2D eigenvalue weighted by Crippen LogP contribution is -2.38. The van der Waals surface area contributed by atoms with E-state index in [1.54, 1.807) is 6.08 Å². The Bertz CT molecular complexity index is 600. The molecule has 1 aromatic heterocycles. The zero-order valence-electron chi connectivity index (χ0n) is 11.0. The summed E-state index contributed by atoms with van der Waals surface area (Å²) in [7, 11) is -3.64. The highest BCUT2D eigenvalue weighted by Gasteiger charge is 2.33. The predicted molar refractivity (Wildman–Crippen MR) is 77.6 cm³/mol. The summed E-state index contributed by atoms with van der Waals surface area (Å²) in [6, 6.07) is 1.22. The number of carboxylic acid groups (broad SMARTS) is 1. The molecule has 5 nitrogen and oxygen atoms in total. The summed E-state index contributed by atoms with van der Waals surface area (Å²) in [5.74, 6) is -1.11. The molecule has 0 saturated heterocycles. The Morgan fingerprint density at radius 1 is 1.50 bits per heavy atom. The van der Waals surface area contributed by atoms with Crippen molar-refractivity contribution in [1.82, 2.24) is 4.31 Å². The monoisotopic (exact) mass is 315 g/mol. The number of thiophene rings is 1. The molecule has 7 heteroatoms. The van der Waals surface area contributed by atoms with Crippen LogP contribution < -0.4 is 0 Å². The van der Waals surface area contributed by atoms with Crippen LogP contribution in [0, 0.1) is 0 Å². The molecule has 1 aliphatic rings. The van der Waals surface area contributed by atoms with Crippen LogP contribution in [0.4, 0.5) is 0 Å². The standard InChI is InChI=1S/C13H17NO4S2/c1-2-7-14(11-5-3-4-6-11)20(17,18)12-8-10(9-19-12)13(15)16/h2,8-9,11H,1,3-7H2,(H,15,16). The lowest BCUT2D eigenvalue weighted by molar-refractivity contribution is 0.0697. The highest BCUT2D eigenvalue weighted by molar-refractivity contribution is 7.91. The molecule has 0 bridgehead atoms. The molecule has 0 unspecified atom stereocenters. The molecule has 0 amide bonds. The van der Waals surface area contributed by atoms with Gasteiger partial charge in [0.05, 0.1) is 5.56 Å². The Balaban J connectivity index is 2.33. The minimum Gasteiger partial charge on any atom is -0.478 e. The van der Waals surface area contributed by atoms with Gasteiger partial charge < -0.3 is 5.11 Å². The Kier molecular flexibility index (Phi) is 4.62. The van der Waals surface area contributed by atoms with Crippen molar-refractivity contribution >= 4 is 27.3 Å². The number of carbonyl (C=O) groups is 1. The van der Waals surface area contributed by atoms with Crippen molar-refractivity contribution < 1.29 is 18.3 Å². The van der Waals surface area contributed by atoms with Gasteiger partial charge in [-0.1, -0.05) is 18.9 Å². The number of hydrogen-bond donors (Lipinski definition) is 1. The van der Waals surface area contributed by atoms with Crippen molar-refractivity contribution in [2.75, 3.05) is 6.54 Å². The highest BCUT2D eigenvalue weighted by atomic mass is 32.2. The second kappa shape index (κ2) is 6.07. The van der Waals surface area contributed by atoms with Crippen LogP contribution in [0.15, 0.2) is 28.3 Å². The van der Waals surface area contributed by atoms with Crippen molar-refractivity contribution in [2.45, 2.75) is 35.9 Å². The van der Waals surface area contributed by atoms with Crippen LogP contribution in [0.1, 0.15) is 36.0 Å². The van der Waals surface area contributed by atoms with Gasteiger partial charge in [-0.2, -0.15) is 4.31 Å². The van der Waals surface area contributed by atoms with Gasteiger partial charge in [0.15, 0.2) is 0 Å². The van der Waals surface area contributed by atoms with Crippen LogP contribution in [-0.4, -0.2) is 36.4 Å². The number of rotatable bonds is 6. The first-order valence-corrected chi connectivity index (χ1v) is 8.73. The first kappa shape index (κ1) is 15.2. The van der Waals surface area contributed by atoms with Crippen molar-refractivity contribution in [3.63, 3.8) is 0 Å². The maximum atomic E-state index is 12.6. The summed E-state index contributed by atoms with van der Waals surface area (Å²) in [6.07, 6.45) is 5.33. The van der Waals surface area contributed by atoms with Gasteiger partial charge in [-0.05, 0) is 18.9 Å². The molecule has 0 atom stereocenters. The molecule has 0 radical (unpaired) electrons. The summed E-state index contributed by atoms with van der Waals surface area (Å²) < 4.78 is 26.8. The molecular weight excluding hydrogens is 298 g/mol. The maximum Gasteiger partial charge on any atom is 0.336 e. The van der Waals surface area contributed by atoms with Crippen molar-refractivity contribution in [1.29, 1.82) is 0 Å². The largest absolute Gasteiger partial charge is 0.478 e. The smallest absolute Gasteiger partial charge is 0.336 e. The second-order valence-corrected chi connectivity index (χ2v) is 7.79. The van der Waals surface area contributed by atoms with Crippen LogP contribution in [0.3, 0.4) is 0 Å². The molecule has 20 heavy (non-hydrogen) atoms. The lowest BCUT2D eigenvalue weighted by atomic mass is 10.2. The third kappa shape index (κ3) is 2.94. The Hall–Kier alpha value is -1.18. The van der Waals surface area contributed by atoms with Gasteiger partial charge in [0.25, 0.3) is 10.0 Å². The van der Waals surface area contributed by atoms with Crippen LogP contribution in [-0.2, 0) is 10.0 Å². The summed E-state index contributed by atoms with van der Waals surface area (Å²) in [6.45, 7) is 3.87. The van der Waals surface area contributed by atoms with E-state index in [0.717, 1.165) is 37.0 Å². The van der Waals surface area contributed by atoms with E-state index in [1.807, 2.05) is 0 Å². The van der Waals surface area contributed by atoms with E-state index >= 15 is 0 Å². The second-order valence-electron chi connectivity index (χ2n) is 4.76. The lowest BCUT2D eigenvalue weighted by Gasteiger charge is -2.26. The maximum absolute atomic E-state index is 12.6. The number of sulfonamides is 1. The molecule has 1 aromatic rings. The minimum atomic E-state index is -3.64. The Morgan fingerprint density at radius 3 is 2.65 bits per heavy atom. The average Bonchev–Trinajstić information content (AvgIpc) is 3.06. The van der Waals surface area contributed by atoms with E-state index < -0.39 is 16.0 Å². The molecule has 1 N–H and O–H groups in total. The Labute approximate surface area is 122 Å². The molecule has 0 aromatic carbocycles. The van der Waals surface area contributed by atoms with Gasteiger partial charge in [-0.3, -0.25) is 0 Å². The molecule has 0 aliphatic heterocycles. The zero-order chi connectivity index (χ0) is 14.8. The Morgan fingerprint density at radius 2 is 2.15 bits per heavy atom. The van der Waals surface area contributed by atoms with Gasteiger partial charge >= 0.3 is 5.97 Å². The first-order chi connectivity index (χ1) is 9.46. The third-order valence-electron chi connectivity index (χ3n) is 3.43. The van der Waals surface area contributed by atoms with Gasteiger partial charge in [0.2, 0.25) is 0 Å². The number of aromatic carboxylic acids is 1.